The predicted molar refractivity (Wildman–Crippen MR) is 104 cm³/mol. The van der Waals surface area contributed by atoms with Gasteiger partial charge in [0, 0.05) is 18.5 Å². The topological polar surface area (TPSA) is 65.5 Å². The highest BCUT2D eigenvalue weighted by atomic mass is 16.5. The molecule has 1 aliphatic rings. The summed E-state index contributed by atoms with van der Waals surface area (Å²) in [6.07, 6.45) is 4.75. The third kappa shape index (κ3) is 3.30. The SMILES string of the molecule is Cc1ccccc1/C=C1\Oc2cc(OC(=O)c3cccnc3)cc(C)c2C1=O. The first-order chi connectivity index (χ1) is 13.5. The Bertz CT molecular complexity index is 1120. The molecule has 0 atom stereocenters. The summed E-state index contributed by atoms with van der Waals surface area (Å²) in [5.41, 5.74) is 3.48. The van der Waals surface area contributed by atoms with Crippen molar-refractivity contribution in [1.29, 1.82) is 0 Å². The largest absolute Gasteiger partial charge is 0.452 e. The lowest BCUT2D eigenvalue weighted by Crippen LogP contribution is -2.09. The molecule has 2 heterocycles. The van der Waals surface area contributed by atoms with Crippen LogP contribution in [0.2, 0.25) is 0 Å². The lowest BCUT2D eigenvalue weighted by molar-refractivity contribution is 0.0734. The van der Waals surface area contributed by atoms with Crippen LogP contribution < -0.4 is 9.47 Å². The maximum atomic E-state index is 12.8. The number of ether oxygens (including phenoxy) is 2. The first-order valence-corrected chi connectivity index (χ1v) is 8.79. The molecule has 2 aromatic carbocycles. The van der Waals surface area contributed by atoms with Crippen LogP contribution in [0.1, 0.15) is 37.4 Å². The normalized spacial score (nSPS) is 13.9. The van der Waals surface area contributed by atoms with Crippen LogP contribution in [-0.2, 0) is 0 Å². The van der Waals surface area contributed by atoms with Crippen molar-refractivity contribution in [2.45, 2.75) is 13.8 Å². The maximum absolute atomic E-state index is 12.8. The summed E-state index contributed by atoms with van der Waals surface area (Å²) in [5.74, 6) is 0.255. The Labute approximate surface area is 162 Å². The number of benzene rings is 2. The van der Waals surface area contributed by atoms with Crippen molar-refractivity contribution in [2.24, 2.45) is 0 Å². The molecular weight excluding hydrogens is 354 g/mol. The minimum absolute atomic E-state index is 0.180. The van der Waals surface area contributed by atoms with Crippen molar-refractivity contribution in [3.8, 4) is 11.5 Å². The van der Waals surface area contributed by atoms with Gasteiger partial charge in [-0.1, -0.05) is 24.3 Å². The van der Waals surface area contributed by atoms with Crippen LogP contribution in [0.3, 0.4) is 0 Å². The molecule has 28 heavy (non-hydrogen) atoms. The molecule has 0 saturated carbocycles. The molecule has 0 bridgehead atoms. The minimum atomic E-state index is -0.521. The lowest BCUT2D eigenvalue weighted by atomic mass is 10.0. The number of fused-ring (bicyclic) bond motifs is 1. The Morgan fingerprint density at radius 2 is 1.89 bits per heavy atom. The molecule has 0 spiro atoms. The predicted octanol–water partition coefficient (Wildman–Crippen LogP) is 4.53. The fourth-order valence-electron chi connectivity index (χ4n) is 3.08. The highest BCUT2D eigenvalue weighted by molar-refractivity contribution is 6.15. The second-order valence-electron chi connectivity index (χ2n) is 6.54. The monoisotopic (exact) mass is 371 g/mol. The summed E-state index contributed by atoms with van der Waals surface area (Å²) in [6.45, 7) is 3.76. The van der Waals surface area contributed by atoms with Gasteiger partial charge in [0.05, 0.1) is 11.1 Å². The molecule has 4 rings (SSSR count). The summed E-state index contributed by atoms with van der Waals surface area (Å²) < 4.78 is 11.2. The van der Waals surface area contributed by atoms with Crippen LogP contribution in [0.15, 0.2) is 66.7 Å². The van der Waals surface area contributed by atoms with Gasteiger partial charge in [-0.3, -0.25) is 9.78 Å². The van der Waals surface area contributed by atoms with E-state index in [1.54, 1.807) is 43.5 Å². The van der Waals surface area contributed by atoms with Gasteiger partial charge in [-0.25, -0.2) is 4.79 Å². The Kier molecular flexibility index (Phi) is 4.49. The Morgan fingerprint density at radius 1 is 1.07 bits per heavy atom. The number of allylic oxidation sites excluding steroid dienone is 1. The molecule has 5 heteroatoms. The second kappa shape index (κ2) is 7.12. The standard InChI is InChI=1S/C23H17NO4/c1-14-6-3-4-7-16(14)11-20-22(25)21-15(2)10-18(12-19(21)28-20)27-23(26)17-8-5-9-24-13-17/h3-13H,1-2H3/b20-11-. The Balaban J connectivity index is 1.63. The summed E-state index contributed by atoms with van der Waals surface area (Å²) in [6, 6.07) is 14.3. The van der Waals surface area contributed by atoms with Gasteiger partial charge >= 0.3 is 5.97 Å². The van der Waals surface area contributed by atoms with E-state index in [-0.39, 0.29) is 11.5 Å². The van der Waals surface area contributed by atoms with Crippen molar-refractivity contribution in [1.82, 2.24) is 4.98 Å². The van der Waals surface area contributed by atoms with Crippen LogP contribution in [0.5, 0.6) is 11.5 Å². The van der Waals surface area contributed by atoms with Crippen LogP contribution in [-0.4, -0.2) is 16.7 Å². The molecule has 0 saturated heterocycles. The number of esters is 1. The van der Waals surface area contributed by atoms with E-state index in [1.807, 2.05) is 31.2 Å². The quantitative estimate of drug-likeness (QED) is 0.384. The number of ketones is 1. The highest BCUT2D eigenvalue weighted by Gasteiger charge is 2.30. The summed E-state index contributed by atoms with van der Waals surface area (Å²) in [4.78, 5) is 28.9. The molecule has 0 N–H and O–H groups in total. The first-order valence-electron chi connectivity index (χ1n) is 8.79. The van der Waals surface area contributed by atoms with Gasteiger partial charge in [-0.2, -0.15) is 0 Å². The number of aromatic nitrogens is 1. The number of carbonyl (C=O) groups is 2. The minimum Gasteiger partial charge on any atom is -0.452 e. The van der Waals surface area contributed by atoms with Gasteiger partial charge in [-0.15, -0.1) is 0 Å². The van der Waals surface area contributed by atoms with Gasteiger partial charge in [0.2, 0.25) is 5.78 Å². The van der Waals surface area contributed by atoms with Crippen LogP contribution >= 0.6 is 0 Å². The summed E-state index contributed by atoms with van der Waals surface area (Å²) in [5, 5.41) is 0. The Hall–Kier alpha value is -3.73. The van der Waals surface area contributed by atoms with Crippen molar-refractivity contribution >= 4 is 17.8 Å². The molecule has 0 unspecified atom stereocenters. The zero-order valence-corrected chi connectivity index (χ0v) is 15.4. The van der Waals surface area contributed by atoms with Gasteiger partial charge in [0.25, 0.3) is 0 Å². The lowest BCUT2D eigenvalue weighted by Gasteiger charge is -2.07. The zero-order chi connectivity index (χ0) is 19.7. The molecule has 0 aliphatic carbocycles. The van der Waals surface area contributed by atoms with Gasteiger partial charge < -0.3 is 9.47 Å². The Morgan fingerprint density at radius 3 is 2.64 bits per heavy atom. The molecule has 0 amide bonds. The third-order valence-corrected chi connectivity index (χ3v) is 4.53. The van der Waals surface area contributed by atoms with E-state index in [9.17, 15) is 9.59 Å². The number of pyridine rings is 1. The van der Waals surface area contributed by atoms with Gasteiger partial charge in [-0.05, 0) is 54.8 Å². The van der Waals surface area contributed by atoms with E-state index in [1.165, 1.54) is 6.20 Å². The number of Topliss-reactive ketones (excluding diaryl/α,β-unsaturated/α-hetero) is 1. The van der Waals surface area contributed by atoms with E-state index in [4.69, 9.17) is 9.47 Å². The molecular formula is C23H17NO4. The average Bonchev–Trinajstić information content (AvgIpc) is 3.00. The van der Waals surface area contributed by atoms with Crippen molar-refractivity contribution in [3.63, 3.8) is 0 Å². The number of rotatable bonds is 3. The first kappa shape index (κ1) is 17.7. The highest BCUT2D eigenvalue weighted by Crippen LogP contribution is 2.37. The number of aryl methyl sites for hydroxylation is 2. The number of hydrogen-bond donors (Lipinski definition) is 0. The number of carbonyl (C=O) groups excluding carboxylic acids is 2. The molecule has 5 nitrogen and oxygen atoms in total. The van der Waals surface area contributed by atoms with Crippen molar-refractivity contribution in [3.05, 3.63) is 94.5 Å². The van der Waals surface area contributed by atoms with E-state index in [0.717, 1.165) is 11.1 Å². The second-order valence-corrected chi connectivity index (χ2v) is 6.54. The van der Waals surface area contributed by atoms with Crippen molar-refractivity contribution in [2.75, 3.05) is 0 Å². The fourth-order valence-corrected chi connectivity index (χ4v) is 3.08. The van der Waals surface area contributed by atoms with E-state index < -0.39 is 5.97 Å². The maximum Gasteiger partial charge on any atom is 0.345 e. The molecule has 0 radical (unpaired) electrons. The zero-order valence-electron chi connectivity index (χ0n) is 15.4. The molecule has 138 valence electrons. The van der Waals surface area contributed by atoms with E-state index >= 15 is 0 Å². The number of nitrogens with zero attached hydrogens (tertiary/aromatic N) is 1. The fraction of sp³-hybridized carbons (Fsp3) is 0.0870. The summed E-state index contributed by atoms with van der Waals surface area (Å²) >= 11 is 0. The summed E-state index contributed by atoms with van der Waals surface area (Å²) in [7, 11) is 0. The molecule has 1 aromatic heterocycles. The van der Waals surface area contributed by atoms with E-state index in [0.29, 0.717) is 28.2 Å². The number of hydrogen-bond acceptors (Lipinski definition) is 5. The van der Waals surface area contributed by atoms with Crippen molar-refractivity contribution < 1.29 is 19.1 Å². The average molecular weight is 371 g/mol. The third-order valence-electron chi connectivity index (χ3n) is 4.53. The van der Waals surface area contributed by atoms with Crippen LogP contribution in [0, 0.1) is 13.8 Å². The molecule has 0 fully saturated rings. The van der Waals surface area contributed by atoms with Crippen LogP contribution in [0.25, 0.3) is 6.08 Å². The smallest absolute Gasteiger partial charge is 0.345 e. The van der Waals surface area contributed by atoms with Gasteiger partial charge in [0.1, 0.15) is 11.5 Å². The molecule has 1 aliphatic heterocycles. The molecule has 3 aromatic rings. The van der Waals surface area contributed by atoms with Crippen LogP contribution in [0.4, 0.5) is 0 Å². The van der Waals surface area contributed by atoms with E-state index in [2.05, 4.69) is 4.98 Å². The van der Waals surface area contributed by atoms with Gasteiger partial charge in [0.15, 0.2) is 5.76 Å².